The molecule has 0 bridgehead atoms. The monoisotopic (exact) mass is 434 g/mol. The van der Waals surface area contributed by atoms with E-state index in [4.69, 9.17) is 9.15 Å². The lowest BCUT2D eigenvalue weighted by Gasteiger charge is -2.30. The molecule has 1 amide bonds. The third-order valence-corrected chi connectivity index (χ3v) is 7.11. The first kappa shape index (κ1) is 22.5. The molecule has 1 unspecified atom stereocenters. The molecule has 1 aliphatic rings. The lowest BCUT2D eigenvalue weighted by molar-refractivity contribution is -0.134. The van der Waals surface area contributed by atoms with Crippen molar-refractivity contribution in [3.05, 3.63) is 60.1 Å². The summed E-state index contributed by atoms with van der Waals surface area (Å²) in [6.45, 7) is 4.76. The molecular formula is C22H30N2O5S. The second-order valence-corrected chi connectivity index (χ2v) is 9.79. The second-order valence-electron chi connectivity index (χ2n) is 7.87. The maximum absolute atomic E-state index is 13.2. The Labute approximate surface area is 178 Å². The van der Waals surface area contributed by atoms with Crippen molar-refractivity contribution in [3.8, 4) is 0 Å². The summed E-state index contributed by atoms with van der Waals surface area (Å²) in [5.41, 5.74) is 0.697. The minimum atomic E-state index is -3.66. The van der Waals surface area contributed by atoms with Crippen molar-refractivity contribution in [2.45, 2.75) is 51.1 Å². The molecule has 8 heteroatoms. The van der Waals surface area contributed by atoms with Gasteiger partial charge in [0.15, 0.2) is 0 Å². The largest absolute Gasteiger partial charge is 0.467 e. The van der Waals surface area contributed by atoms with Crippen molar-refractivity contribution in [1.29, 1.82) is 0 Å². The van der Waals surface area contributed by atoms with Gasteiger partial charge in [-0.25, -0.2) is 8.42 Å². The van der Waals surface area contributed by atoms with E-state index in [1.54, 1.807) is 43.2 Å². The van der Waals surface area contributed by atoms with Gasteiger partial charge in [0.25, 0.3) is 0 Å². The van der Waals surface area contributed by atoms with Gasteiger partial charge in [-0.1, -0.05) is 30.3 Å². The molecule has 7 nitrogen and oxygen atoms in total. The fourth-order valence-corrected chi connectivity index (χ4v) is 5.31. The predicted molar refractivity (Wildman–Crippen MR) is 114 cm³/mol. The standard InChI is InChI=1S/C22H30N2O5S/c1-18(2)24(30(26,27)17-19-8-4-3-5-9-19)16-22(25)23(14-20-10-6-12-28-20)15-21-11-7-13-29-21/h3-6,8-10,12,18,21H,7,11,13-17H2,1-2H3. The zero-order valence-electron chi connectivity index (χ0n) is 17.6. The first-order chi connectivity index (χ1) is 14.3. The molecule has 1 aliphatic heterocycles. The number of furan rings is 1. The normalized spacial score (nSPS) is 17.0. The van der Waals surface area contributed by atoms with E-state index >= 15 is 0 Å². The molecule has 1 fully saturated rings. The highest BCUT2D eigenvalue weighted by Gasteiger charge is 2.31. The third kappa shape index (κ3) is 6.17. The predicted octanol–water partition coefficient (Wildman–Crippen LogP) is 3.03. The Morgan fingerprint density at radius 3 is 2.53 bits per heavy atom. The minimum Gasteiger partial charge on any atom is -0.467 e. The van der Waals surface area contributed by atoms with E-state index in [1.165, 1.54) is 4.31 Å². The van der Waals surface area contributed by atoms with Crippen molar-refractivity contribution >= 4 is 15.9 Å². The van der Waals surface area contributed by atoms with Crippen LogP contribution in [0, 0.1) is 0 Å². The third-order valence-electron chi connectivity index (χ3n) is 5.14. The van der Waals surface area contributed by atoms with Gasteiger partial charge >= 0.3 is 0 Å². The van der Waals surface area contributed by atoms with Crippen LogP contribution in [-0.2, 0) is 31.9 Å². The van der Waals surface area contributed by atoms with Crippen LogP contribution in [0.5, 0.6) is 0 Å². The molecule has 30 heavy (non-hydrogen) atoms. The number of hydrogen-bond donors (Lipinski definition) is 0. The lowest BCUT2D eigenvalue weighted by Crippen LogP contribution is -2.47. The van der Waals surface area contributed by atoms with E-state index in [0.717, 1.165) is 12.8 Å². The van der Waals surface area contributed by atoms with Gasteiger partial charge in [-0.3, -0.25) is 4.79 Å². The van der Waals surface area contributed by atoms with Gasteiger partial charge in [-0.15, -0.1) is 0 Å². The molecule has 1 atom stereocenters. The zero-order chi connectivity index (χ0) is 21.6. The summed E-state index contributed by atoms with van der Waals surface area (Å²) in [4.78, 5) is 14.8. The van der Waals surface area contributed by atoms with Crippen molar-refractivity contribution in [2.75, 3.05) is 19.7 Å². The summed E-state index contributed by atoms with van der Waals surface area (Å²) in [5, 5.41) is 0. The molecule has 2 aromatic rings. The van der Waals surface area contributed by atoms with Crippen molar-refractivity contribution in [2.24, 2.45) is 0 Å². The van der Waals surface area contributed by atoms with Crippen LogP contribution in [0.2, 0.25) is 0 Å². The maximum Gasteiger partial charge on any atom is 0.238 e. The molecule has 3 rings (SSSR count). The highest BCUT2D eigenvalue weighted by atomic mass is 32.2. The molecule has 164 valence electrons. The van der Waals surface area contributed by atoms with Gasteiger partial charge in [0.2, 0.25) is 15.9 Å². The van der Waals surface area contributed by atoms with Crippen LogP contribution in [-0.4, -0.2) is 55.4 Å². The summed E-state index contributed by atoms with van der Waals surface area (Å²) in [6.07, 6.45) is 3.39. The van der Waals surface area contributed by atoms with E-state index in [0.29, 0.717) is 24.5 Å². The minimum absolute atomic E-state index is 0.0302. The second kappa shape index (κ2) is 10.2. The molecular weight excluding hydrogens is 404 g/mol. The van der Waals surface area contributed by atoms with Gasteiger partial charge < -0.3 is 14.1 Å². The van der Waals surface area contributed by atoms with Gasteiger partial charge in [0.05, 0.1) is 31.2 Å². The Balaban J connectivity index is 1.74. The SMILES string of the molecule is CC(C)N(CC(=O)N(Cc1ccco1)CC1CCCO1)S(=O)(=O)Cc1ccccc1. The maximum atomic E-state index is 13.2. The first-order valence-electron chi connectivity index (χ1n) is 10.3. The van der Waals surface area contributed by atoms with Crippen LogP contribution >= 0.6 is 0 Å². The van der Waals surface area contributed by atoms with Crippen LogP contribution in [0.1, 0.15) is 38.0 Å². The number of carbonyl (C=O) groups is 1. The molecule has 1 aromatic carbocycles. The summed E-state index contributed by atoms with van der Waals surface area (Å²) >= 11 is 0. The molecule has 1 saturated heterocycles. The Morgan fingerprint density at radius 1 is 1.17 bits per heavy atom. The average Bonchev–Trinajstić information content (AvgIpc) is 3.39. The first-order valence-corrected chi connectivity index (χ1v) is 11.9. The fraction of sp³-hybridized carbons (Fsp3) is 0.500. The van der Waals surface area contributed by atoms with E-state index in [1.807, 2.05) is 24.3 Å². The van der Waals surface area contributed by atoms with Crippen LogP contribution < -0.4 is 0 Å². The van der Waals surface area contributed by atoms with Crippen LogP contribution in [0.3, 0.4) is 0 Å². The number of amides is 1. The van der Waals surface area contributed by atoms with Crippen molar-refractivity contribution in [3.63, 3.8) is 0 Å². The molecule has 0 aliphatic carbocycles. The number of carbonyl (C=O) groups excluding carboxylic acids is 1. The summed E-state index contributed by atoms with van der Waals surface area (Å²) in [7, 11) is -3.66. The number of hydrogen-bond acceptors (Lipinski definition) is 5. The topological polar surface area (TPSA) is 80.1 Å². The lowest BCUT2D eigenvalue weighted by atomic mass is 10.2. The Bertz CT molecular complexity index is 891. The molecule has 2 heterocycles. The van der Waals surface area contributed by atoms with E-state index in [2.05, 4.69) is 0 Å². The Hall–Kier alpha value is -2.16. The number of sulfonamides is 1. The summed E-state index contributed by atoms with van der Waals surface area (Å²) in [6, 6.07) is 12.3. The molecule has 0 radical (unpaired) electrons. The smallest absolute Gasteiger partial charge is 0.238 e. The number of benzene rings is 1. The van der Waals surface area contributed by atoms with Crippen molar-refractivity contribution < 1.29 is 22.4 Å². The fourth-order valence-electron chi connectivity index (χ4n) is 3.58. The number of nitrogens with zero attached hydrogens (tertiary/aromatic N) is 2. The van der Waals surface area contributed by atoms with Crippen molar-refractivity contribution in [1.82, 2.24) is 9.21 Å². The summed E-state index contributed by atoms with van der Waals surface area (Å²) in [5.74, 6) is 0.264. The Kier molecular flexibility index (Phi) is 7.69. The van der Waals surface area contributed by atoms with Crippen LogP contribution in [0.25, 0.3) is 0 Å². The Morgan fingerprint density at radius 2 is 1.93 bits per heavy atom. The van der Waals surface area contributed by atoms with Gasteiger partial charge in [-0.2, -0.15) is 4.31 Å². The average molecular weight is 435 g/mol. The molecule has 1 aromatic heterocycles. The number of ether oxygens (including phenoxy) is 1. The summed E-state index contributed by atoms with van der Waals surface area (Å²) < 4.78 is 38.5. The van der Waals surface area contributed by atoms with Crippen LogP contribution in [0.4, 0.5) is 0 Å². The molecule has 0 spiro atoms. The van der Waals surface area contributed by atoms with Gasteiger partial charge in [0.1, 0.15) is 5.76 Å². The zero-order valence-corrected chi connectivity index (χ0v) is 18.4. The molecule has 0 saturated carbocycles. The van der Waals surface area contributed by atoms with Gasteiger partial charge in [-0.05, 0) is 44.4 Å². The number of rotatable bonds is 10. The van der Waals surface area contributed by atoms with Crippen LogP contribution in [0.15, 0.2) is 53.1 Å². The highest BCUT2D eigenvalue weighted by Crippen LogP contribution is 2.18. The molecule has 0 N–H and O–H groups in total. The van der Waals surface area contributed by atoms with Gasteiger partial charge in [0, 0.05) is 19.2 Å². The van der Waals surface area contributed by atoms with E-state index in [9.17, 15) is 13.2 Å². The highest BCUT2D eigenvalue weighted by molar-refractivity contribution is 7.88. The van der Waals surface area contributed by atoms with E-state index < -0.39 is 10.0 Å². The quantitative estimate of drug-likeness (QED) is 0.574. The van der Waals surface area contributed by atoms with E-state index in [-0.39, 0.29) is 36.9 Å².